The lowest BCUT2D eigenvalue weighted by molar-refractivity contribution is 0.644. The van der Waals surface area contributed by atoms with E-state index in [0.29, 0.717) is 6.42 Å². The molecule has 0 fully saturated rings. The summed E-state index contributed by atoms with van der Waals surface area (Å²) in [5.41, 5.74) is 1.15. The third kappa shape index (κ3) is 3.85. The summed E-state index contributed by atoms with van der Waals surface area (Å²) in [6, 6.07) is 2.20. The van der Waals surface area contributed by atoms with Crippen molar-refractivity contribution in [3.8, 4) is 6.07 Å². The fraction of sp³-hybridized carbons (Fsp3) is 0.692. The second-order valence-electron chi connectivity index (χ2n) is 4.18. The van der Waals surface area contributed by atoms with Crippen LogP contribution >= 0.6 is 15.9 Å². The standard InChI is InChI=1S/C13H20BrN3/c1-3-5-8-11-13(14)17(10-6-9-15)12(16-11)7-4-2/h3-8,10H2,1-2H3. The third-order valence-electron chi connectivity index (χ3n) is 2.74. The molecule has 94 valence electrons. The molecule has 0 unspecified atom stereocenters. The van der Waals surface area contributed by atoms with Gasteiger partial charge in [-0.3, -0.25) is 0 Å². The first kappa shape index (κ1) is 14.2. The number of unbranched alkanes of at least 4 members (excludes halogenated alkanes) is 1. The second-order valence-corrected chi connectivity index (χ2v) is 4.93. The van der Waals surface area contributed by atoms with Crippen molar-refractivity contribution in [3.63, 3.8) is 0 Å². The van der Waals surface area contributed by atoms with E-state index in [2.05, 4.69) is 40.4 Å². The van der Waals surface area contributed by atoms with Gasteiger partial charge >= 0.3 is 0 Å². The van der Waals surface area contributed by atoms with Crippen molar-refractivity contribution in [2.75, 3.05) is 0 Å². The van der Waals surface area contributed by atoms with Crippen LogP contribution in [-0.4, -0.2) is 9.55 Å². The Morgan fingerprint density at radius 1 is 1.29 bits per heavy atom. The summed E-state index contributed by atoms with van der Waals surface area (Å²) in [7, 11) is 0. The molecule has 0 radical (unpaired) electrons. The number of imidazole rings is 1. The van der Waals surface area contributed by atoms with Gasteiger partial charge in [0, 0.05) is 13.0 Å². The Morgan fingerprint density at radius 3 is 2.65 bits per heavy atom. The lowest BCUT2D eigenvalue weighted by Crippen LogP contribution is -2.03. The zero-order valence-electron chi connectivity index (χ0n) is 10.7. The summed E-state index contributed by atoms with van der Waals surface area (Å²) in [6.07, 6.45) is 5.98. The average Bonchev–Trinajstić information content (AvgIpc) is 2.61. The summed E-state index contributed by atoms with van der Waals surface area (Å²) >= 11 is 3.62. The van der Waals surface area contributed by atoms with Crippen LogP contribution in [0.2, 0.25) is 0 Å². The van der Waals surface area contributed by atoms with Gasteiger partial charge in [0.15, 0.2) is 0 Å². The van der Waals surface area contributed by atoms with E-state index in [1.54, 1.807) is 0 Å². The molecule has 0 aromatic carbocycles. The van der Waals surface area contributed by atoms with E-state index in [1.807, 2.05) is 0 Å². The van der Waals surface area contributed by atoms with Crippen LogP contribution in [0.15, 0.2) is 4.60 Å². The van der Waals surface area contributed by atoms with Crippen molar-refractivity contribution in [1.82, 2.24) is 9.55 Å². The van der Waals surface area contributed by atoms with Crippen LogP contribution in [0.4, 0.5) is 0 Å². The van der Waals surface area contributed by atoms with Crippen molar-refractivity contribution in [1.29, 1.82) is 5.26 Å². The van der Waals surface area contributed by atoms with E-state index < -0.39 is 0 Å². The fourth-order valence-corrected chi connectivity index (χ4v) is 2.51. The topological polar surface area (TPSA) is 41.6 Å². The van der Waals surface area contributed by atoms with Crippen LogP contribution < -0.4 is 0 Å². The zero-order chi connectivity index (χ0) is 12.7. The Bertz CT molecular complexity index is 390. The maximum absolute atomic E-state index is 8.69. The quantitative estimate of drug-likeness (QED) is 0.767. The molecule has 0 spiro atoms. The van der Waals surface area contributed by atoms with Gasteiger partial charge in [0.25, 0.3) is 0 Å². The predicted molar refractivity (Wildman–Crippen MR) is 72.8 cm³/mol. The Kier molecular flexibility index (Phi) is 6.28. The van der Waals surface area contributed by atoms with Crippen molar-refractivity contribution in [2.45, 2.75) is 58.9 Å². The summed E-state index contributed by atoms with van der Waals surface area (Å²) in [5.74, 6) is 1.11. The molecule has 1 rings (SSSR count). The second kappa shape index (κ2) is 7.50. The number of aromatic nitrogens is 2. The Balaban J connectivity index is 2.89. The average molecular weight is 298 g/mol. The molecule has 0 N–H and O–H groups in total. The molecular formula is C13H20BrN3. The van der Waals surface area contributed by atoms with Gasteiger partial charge in [-0.15, -0.1) is 0 Å². The largest absolute Gasteiger partial charge is 0.321 e. The third-order valence-corrected chi connectivity index (χ3v) is 3.62. The lowest BCUT2D eigenvalue weighted by atomic mass is 10.2. The highest BCUT2D eigenvalue weighted by Crippen LogP contribution is 2.22. The minimum atomic E-state index is 0.541. The molecule has 1 aromatic rings. The lowest BCUT2D eigenvalue weighted by Gasteiger charge is -2.05. The van der Waals surface area contributed by atoms with Crippen molar-refractivity contribution >= 4 is 15.9 Å². The number of aryl methyl sites for hydroxylation is 2. The van der Waals surface area contributed by atoms with Gasteiger partial charge in [0.2, 0.25) is 0 Å². The van der Waals surface area contributed by atoms with Crippen LogP contribution in [0.25, 0.3) is 0 Å². The van der Waals surface area contributed by atoms with E-state index in [4.69, 9.17) is 10.2 Å². The maximum atomic E-state index is 8.69. The minimum absolute atomic E-state index is 0.541. The summed E-state index contributed by atoms with van der Waals surface area (Å²) in [6.45, 7) is 5.09. The van der Waals surface area contributed by atoms with E-state index in [9.17, 15) is 0 Å². The van der Waals surface area contributed by atoms with Crippen LogP contribution in [0, 0.1) is 11.3 Å². The molecule has 0 saturated heterocycles. The van der Waals surface area contributed by atoms with Crippen LogP contribution in [0.5, 0.6) is 0 Å². The van der Waals surface area contributed by atoms with Gasteiger partial charge in [-0.1, -0.05) is 20.3 Å². The normalized spacial score (nSPS) is 10.5. The molecule has 4 heteroatoms. The number of halogens is 1. The number of nitriles is 1. The predicted octanol–water partition coefficient (Wildman–Crippen LogP) is 3.85. The van der Waals surface area contributed by atoms with E-state index in [0.717, 1.165) is 41.9 Å². The summed E-state index contributed by atoms with van der Waals surface area (Å²) in [5, 5.41) is 8.69. The monoisotopic (exact) mass is 297 g/mol. The summed E-state index contributed by atoms with van der Waals surface area (Å²) < 4.78 is 3.22. The minimum Gasteiger partial charge on any atom is -0.321 e. The van der Waals surface area contributed by atoms with Crippen LogP contribution in [-0.2, 0) is 19.4 Å². The number of hydrogen-bond acceptors (Lipinski definition) is 2. The molecule has 0 atom stereocenters. The smallest absolute Gasteiger partial charge is 0.109 e. The van der Waals surface area contributed by atoms with E-state index >= 15 is 0 Å². The van der Waals surface area contributed by atoms with Gasteiger partial charge in [-0.2, -0.15) is 5.26 Å². The van der Waals surface area contributed by atoms with Gasteiger partial charge < -0.3 is 4.57 Å². The van der Waals surface area contributed by atoms with Crippen molar-refractivity contribution < 1.29 is 0 Å². The fourth-order valence-electron chi connectivity index (χ4n) is 1.84. The van der Waals surface area contributed by atoms with Crippen molar-refractivity contribution in [3.05, 3.63) is 16.1 Å². The molecule has 0 amide bonds. The Labute approximate surface area is 112 Å². The van der Waals surface area contributed by atoms with Crippen LogP contribution in [0.3, 0.4) is 0 Å². The highest BCUT2D eigenvalue weighted by Gasteiger charge is 2.13. The molecule has 0 aliphatic heterocycles. The van der Waals surface area contributed by atoms with Crippen LogP contribution in [0.1, 0.15) is 51.0 Å². The molecule has 1 aromatic heterocycles. The molecular weight excluding hydrogens is 278 g/mol. The SMILES string of the molecule is CCCCc1nc(CCC)n(CCC#N)c1Br. The number of rotatable bonds is 7. The molecule has 17 heavy (non-hydrogen) atoms. The zero-order valence-corrected chi connectivity index (χ0v) is 12.3. The Hall–Kier alpha value is -0.820. The van der Waals surface area contributed by atoms with Gasteiger partial charge in [0.1, 0.15) is 10.4 Å². The maximum Gasteiger partial charge on any atom is 0.109 e. The Morgan fingerprint density at radius 2 is 2.06 bits per heavy atom. The molecule has 0 bridgehead atoms. The van der Waals surface area contributed by atoms with E-state index in [1.165, 1.54) is 12.8 Å². The molecule has 0 aliphatic rings. The highest BCUT2D eigenvalue weighted by atomic mass is 79.9. The first-order valence-corrected chi connectivity index (χ1v) is 7.14. The first-order valence-electron chi connectivity index (χ1n) is 6.35. The molecule has 1 heterocycles. The number of nitrogens with zero attached hydrogens (tertiary/aromatic N) is 3. The van der Waals surface area contributed by atoms with Gasteiger partial charge in [-0.05, 0) is 35.2 Å². The molecule has 0 aliphatic carbocycles. The number of hydrogen-bond donors (Lipinski definition) is 0. The van der Waals surface area contributed by atoms with Crippen molar-refractivity contribution in [2.24, 2.45) is 0 Å². The first-order chi connectivity index (χ1) is 8.24. The van der Waals surface area contributed by atoms with Gasteiger partial charge in [0.05, 0.1) is 18.2 Å². The van der Waals surface area contributed by atoms with Gasteiger partial charge in [-0.25, -0.2) is 4.98 Å². The highest BCUT2D eigenvalue weighted by molar-refractivity contribution is 9.10. The summed E-state index contributed by atoms with van der Waals surface area (Å²) in [4.78, 5) is 4.70. The molecule has 0 saturated carbocycles. The van der Waals surface area contributed by atoms with E-state index in [-0.39, 0.29) is 0 Å². The molecule has 3 nitrogen and oxygen atoms in total.